The number of nitrogens with zero attached hydrogens (tertiary/aromatic N) is 2. The van der Waals surface area contributed by atoms with E-state index in [2.05, 4.69) is 26.9 Å². The third kappa shape index (κ3) is 3.73. The number of aliphatic carboxylic acids is 1. The molecule has 0 bridgehead atoms. The summed E-state index contributed by atoms with van der Waals surface area (Å²) in [6, 6.07) is 7.92. The molecule has 0 aliphatic carbocycles. The van der Waals surface area contributed by atoms with E-state index in [1.165, 1.54) is 0 Å². The van der Waals surface area contributed by atoms with Crippen LogP contribution in [0.4, 0.5) is 5.69 Å². The topological polar surface area (TPSA) is 64.3 Å². The summed E-state index contributed by atoms with van der Waals surface area (Å²) in [5, 5.41) is 17.6. The zero-order valence-electron chi connectivity index (χ0n) is 11.2. The van der Waals surface area contributed by atoms with Crippen LogP contribution in [0.2, 0.25) is 0 Å². The lowest BCUT2D eigenvalue weighted by Gasteiger charge is -2.33. The fraction of sp³-hybridized carbons (Fsp3) is 0.467. The van der Waals surface area contributed by atoms with Crippen LogP contribution >= 0.6 is 15.9 Å². The number of hydrogen-bond acceptors (Lipinski definition) is 3. The van der Waals surface area contributed by atoms with Crippen LogP contribution in [0.25, 0.3) is 0 Å². The second-order valence-corrected chi connectivity index (χ2v) is 5.99. The maximum Gasteiger partial charge on any atom is 0.303 e. The number of piperidine rings is 1. The van der Waals surface area contributed by atoms with Gasteiger partial charge in [-0.15, -0.1) is 0 Å². The van der Waals surface area contributed by atoms with Gasteiger partial charge in [-0.25, -0.2) is 0 Å². The van der Waals surface area contributed by atoms with Crippen LogP contribution in [0, 0.1) is 17.2 Å². The summed E-state index contributed by atoms with van der Waals surface area (Å²) >= 11 is 3.41. The molecule has 1 saturated heterocycles. The van der Waals surface area contributed by atoms with Crippen LogP contribution in [0.1, 0.15) is 31.2 Å². The van der Waals surface area contributed by atoms with E-state index in [0.717, 1.165) is 42.5 Å². The van der Waals surface area contributed by atoms with Crippen molar-refractivity contribution >= 4 is 27.6 Å². The highest BCUT2D eigenvalue weighted by atomic mass is 79.9. The van der Waals surface area contributed by atoms with E-state index in [-0.39, 0.29) is 6.42 Å². The van der Waals surface area contributed by atoms with Crippen molar-refractivity contribution in [2.75, 3.05) is 18.0 Å². The first-order valence-corrected chi connectivity index (χ1v) is 7.56. The van der Waals surface area contributed by atoms with Crippen LogP contribution in [-0.2, 0) is 4.79 Å². The average Bonchev–Trinajstić information content (AvgIpc) is 2.45. The number of hydrogen-bond donors (Lipinski definition) is 1. The molecule has 1 aromatic rings. The number of anilines is 1. The van der Waals surface area contributed by atoms with Gasteiger partial charge in [-0.3, -0.25) is 4.79 Å². The lowest BCUT2D eigenvalue weighted by Crippen LogP contribution is -2.33. The highest BCUT2D eigenvalue weighted by molar-refractivity contribution is 9.10. The molecular formula is C15H17BrN2O2. The quantitative estimate of drug-likeness (QED) is 0.915. The SMILES string of the molecule is N#Cc1ccc(N2CCC(CCC(=O)O)CC2)cc1Br. The Morgan fingerprint density at radius 3 is 2.70 bits per heavy atom. The van der Waals surface area contributed by atoms with Crippen molar-refractivity contribution in [1.29, 1.82) is 5.26 Å². The van der Waals surface area contributed by atoms with Gasteiger partial charge in [-0.2, -0.15) is 5.26 Å². The molecule has 4 nitrogen and oxygen atoms in total. The molecule has 0 aromatic heterocycles. The minimum atomic E-state index is -0.705. The summed E-state index contributed by atoms with van der Waals surface area (Å²) in [4.78, 5) is 12.9. The van der Waals surface area contributed by atoms with Gasteiger partial charge in [0.05, 0.1) is 5.56 Å². The maximum absolute atomic E-state index is 10.6. The first-order valence-electron chi connectivity index (χ1n) is 6.76. The van der Waals surface area contributed by atoms with Crippen LogP contribution < -0.4 is 4.90 Å². The Kier molecular flexibility index (Phi) is 5.02. The lowest BCUT2D eigenvalue weighted by atomic mass is 9.92. The summed E-state index contributed by atoms with van der Waals surface area (Å²) in [6.45, 7) is 1.89. The Bertz CT molecular complexity index is 531. The minimum absolute atomic E-state index is 0.271. The van der Waals surface area contributed by atoms with E-state index in [4.69, 9.17) is 10.4 Å². The molecule has 1 aromatic carbocycles. The van der Waals surface area contributed by atoms with E-state index in [1.807, 2.05) is 18.2 Å². The lowest BCUT2D eigenvalue weighted by molar-refractivity contribution is -0.137. The summed E-state index contributed by atoms with van der Waals surface area (Å²) in [6.07, 6.45) is 3.11. The predicted octanol–water partition coefficient (Wildman–Crippen LogP) is 3.40. The van der Waals surface area contributed by atoms with Crippen LogP contribution in [-0.4, -0.2) is 24.2 Å². The number of carboxylic acids is 1. The average molecular weight is 337 g/mol. The largest absolute Gasteiger partial charge is 0.481 e. The highest BCUT2D eigenvalue weighted by Gasteiger charge is 2.20. The molecule has 1 aliphatic rings. The number of benzene rings is 1. The Morgan fingerprint density at radius 1 is 1.45 bits per heavy atom. The number of nitriles is 1. The van der Waals surface area contributed by atoms with Crippen molar-refractivity contribution in [2.45, 2.75) is 25.7 Å². The Balaban J connectivity index is 1.92. The van der Waals surface area contributed by atoms with Gasteiger partial charge < -0.3 is 10.0 Å². The van der Waals surface area contributed by atoms with E-state index >= 15 is 0 Å². The molecule has 20 heavy (non-hydrogen) atoms. The van der Waals surface area contributed by atoms with Crippen molar-refractivity contribution in [3.05, 3.63) is 28.2 Å². The summed E-state index contributed by atoms with van der Waals surface area (Å²) in [5.74, 6) is -0.187. The maximum atomic E-state index is 10.6. The fourth-order valence-electron chi connectivity index (χ4n) is 2.60. The van der Waals surface area contributed by atoms with Crippen molar-refractivity contribution in [3.63, 3.8) is 0 Å². The van der Waals surface area contributed by atoms with Gasteiger partial charge in [0, 0.05) is 29.7 Å². The second kappa shape index (κ2) is 6.76. The Labute approximate surface area is 127 Å². The molecule has 0 unspecified atom stereocenters. The first-order chi connectivity index (χ1) is 9.60. The summed E-state index contributed by atoms with van der Waals surface area (Å²) in [5.41, 5.74) is 1.76. The van der Waals surface area contributed by atoms with Crippen molar-refractivity contribution in [1.82, 2.24) is 0 Å². The molecule has 5 heteroatoms. The van der Waals surface area contributed by atoms with Crippen molar-refractivity contribution in [3.8, 4) is 6.07 Å². The minimum Gasteiger partial charge on any atom is -0.481 e. The van der Waals surface area contributed by atoms with Crippen molar-refractivity contribution in [2.24, 2.45) is 5.92 Å². The van der Waals surface area contributed by atoms with Crippen LogP contribution in [0.15, 0.2) is 22.7 Å². The third-order valence-electron chi connectivity index (χ3n) is 3.82. The smallest absolute Gasteiger partial charge is 0.303 e. The van der Waals surface area contributed by atoms with Gasteiger partial charge in [0.15, 0.2) is 0 Å². The number of halogens is 1. The second-order valence-electron chi connectivity index (χ2n) is 5.14. The van der Waals surface area contributed by atoms with Gasteiger partial charge in [0.2, 0.25) is 0 Å². The molecule has 0 saturated carbocycles. The molecule has 0 radical (unpaired) electrons. The van der Waals surface area contributed by atoms with Crippen molar-refractivity contribution < 1.29 is 9.90 Å². The van der Waals surface area contributed by atoms with Gasteiger partial charge in [0.1, 0.15) is 6.07 Å². The Hall–Kier alpha value is -1.54. The zero-order valence-corrected chi connectivity index (χ0v) is 12.8. The molecular weight excluding hydrogens is 320 g/mol. The third-order valence-corrected chi connectivity index (χ3v) is 4.48. The van der Waals surface area contributed by atoms with E-state index < -0.39 is 5.97 Å². The highest BCUT2D eigenvalue weighted by Crippen LogP contribution is 2.29. The zero-order chi connectivity index (χ0) is 14.5. The molecule has 1 aliphatic heterocycles. The van der Waals surface area contributed by atoms with E-state index in [1.54, 1.807) is 0 Å². The van der Waals surface area contributed by atoms with E-state index in [9.17, 15) is 4.79 Å². The number of carboxylic acid groups (broad SMARTS) is 1. The van der Waals surface area contributed by atoms with Gasteiger partial charge in [-0.05, 0) is 59.3 Å². The molecule has 1 heterocycles. The molecule has 2 rings (SSSR count). The molecule has 1 fully saturated rings. The van der Waals surface area contributed by atoms with E-state index in [0.29, 0.717) is 11.5 Å². The fourth-order valence-corrected chi connectivity index (χ4v) is 3.05. The van der Waals surface area contributed by atoms with Gasteiger partial charge in [-0.1, -0.05) is 0 Å². The first kappa shape index (κ1) is 14.9. The number of carbonyl (C=O) groups is 1. The van der Waals surface area contributed by atoms with Gasteiger partial charge >= 0.3 is 5.97 Å². The summed E-state index contributed by atoms with van der Waals surface area (Å²) < 4.78 is 0.825. The normalized spacial score (nSPS) is 15.9. The predicted molar refractivity (Wildman–Crippen MR) is 80.7 cm³/mol. The van der Waals surface area contributed by atoms with Gasteiger partial charge in [0.25, 0.3) is 0 Å². The monoisotopic (exact) mass is 336 g/mol. The molecule has 0 spiro atoms. The molecule has 1 N–H and O–H groups in total. The molecule has 106 valence electrons. The number of rotatable bonds is 4. The Morgan fingerprint density at radius 2 is 2.15 bits per heavy atom. The van der Waals surface area contributed by atoms with Crippen LogP contribution in [0.3, 0.4) is 0 Å². The summed E-state index contributed by atoms with van der Waals surface area (Å²) in [7, 11) is 0. The standard InChI is InChI=1S/C15H17BrN2O2/c16-14-9-13(3-2-12(14)10-17)18-7-5-11(6-8-18)1-4-15(19)20/h2-3,9,11H,1,4-8H2,(H,19,20). The molecule has 0 atom stereocenters. The molecule has 0 amide bonds. The van der Waals surface area contributed by atoms with Crippen LogP contribution in [0.5, 0.6) is 0 Å².